The van der Waals surface area contributed by atoms with Crippen molar-refractivity contribution in [2.24, 2.45) is 0 Å². The Hall–Kier alpha value is -0.690. The summed E-state index contributed by atoms with van der Waals surface area (Å²) in [5.74, 6) is -0.391. The van der Waals surface area contributed by atoms with Gasteiger partial charge in [0.2, 0.25) is 0 Å². The van der Waals surface area contributed by atoms with Crippen molar-refractivity contribution in [2.75, 3.05) is 13.2 Å². The molecule has 0 spiro atoms. The zero-order valence-electron chi connectivity index (χ0n) is 13.4. The fourth-order valence-electron chi connectivity index (χ4n) is 2.63. The molecule has 1 aliphatic heterocycles. The van der Waals surface area contributed by atoms with E-state index in [-0.39, 0.29) is 6.61 Å². The number of carbonyl (C=O) groups is 1. The Kier molecular flexibility index (Phi) is 9.63. The monoisotopic (exact) mass is 318 g/mol. The van der Waals surface area contributed by atoms with Crippen LogP contribution in [-0.2, 0) is 14.3 Å². The minimum Gasteiger partial charge on any atom is -0.457 e. The van der Waals surface area contributed by atoms with E-state index in [9.17, 15) is 15.0 Å². The molecule has 0 aromatic rings. The third kappa shape index (κ3) is 6.60. The third-order valence-corrected chi connectivity index (χ3v) is 3.98. The quantitative estimate of drug-likeness (QED) is 0.391. The van der Waals surface area contributed by atoms with Gasteiger partial charge in [-0.25, -0.2) is 0 Å². The van der Waals surface area contributed by atoms with Crippen LogP contribution in [0.15, 0.2) is 0 Å². The standard InChI is InChI=1S/C16H30O6/c1-2-3-4-5-6-7-8-9-14(20)22-16-13(19)11-21-15(16)12(18)10-17/h12-13,15-19H,2-11H2,1H3/t12-,13-,15-,16-/m1/s1. The second kappa shape index (κ2) is 10.9. The van der Waals surface area contributed by atoms with Gasteiger partial charge in [-0.3, -0.25) is 4.79 Å². The molecular formula is C16H30O6. The molecule has 0 aliphatic carbocycles. The number of ether oxygens (including phenoxy) is 2. The second-order valence-electron chi connectivity index (χ2n) is 5.94. The van der Waals surface area contributed by atoms with Crippen molar-refractivity contribution in [2.45, 2.75) is 82.7 Å². The third-order valence-electron chi connectivity index (χ3n) is 3.98. The maximum Gasteiger partial charge on any atom is 0.306 e. The lowest BCUT2D eigenvalue weighted by molar-refractivity contribution is -0.160. The molecule has 6 nitrogen and oxygen atoms in total. The molecule has 1 heterocycles. The van der Waals surface area contributed by atoms with E-state index < -0.39 is 37.0 Å². The van der Waals surface area contributed by atoms with Crippen LogP contribution in [0, 0.1) is 0 Å². The topological polar surface area (TPSA) is 96.2 Å². The normalized spacial score (nSPS) is 26.1. The molecule has 130 valence electrons. The summed E-state index contributed by atoms with van der Waals surface area (Å²) in [6, 6.07) is 0. The van der Waals surface area contributed by atoms with Gasteiger partial charge in [0.1, 0.15) is 18.3 Å². The first-order chi connectivity index (χ1) is 10.6. The van der Waals surface area contributed by atoms with Gasteiger partial charge < -0.3 is 24.8 Å². The van der Waals surface area contributed by atoms with Gasteiger partial charge >= 0.3 is 5.97 Å². The Labute approximate surface area is 132 Å². The van der Waals surface area contributed by atoms with Crippen molar-refractivity contribution in [3.05, 3.63) is 0 Å². The number of aliphatic hydroxyl groups is 3. The molecule has 1 fully saturated rings. The van der Waals surface area contributed by atoms with E-state index >= 15 is 0 Å². The van der Waals surface area contributed by atoms with Crippen LogP contribution in [0.2, 0.25) is 0 Å². The molecule has 22 heavy (non-hydrogen) atoms. The SMILES string of the molecule is CCCCCCCCCC(=O)O[C@H]1[C@@H]([C@H](O)CO)OC[C@H]1O. The average molecular weight is 318 g/mol. The van der Waals surface area contributed by atoms with Gasteiger partial charge in [-0.2, -0.15) is 0 Å². The lowest BCUT2D eigenvalue weighted by Gasteiger charge is -2.23. The number of hydrogen-bond acceptors (Lipinski definition) is 6. The fraction of sp³-hybridized carbons (Fsp3) is 0.938. The Morgan fingerprint density at radius 1 is 1.23 bits per heavy atom. The summed E-state index contributed by atoms with van der Waals surface area (Å²) < 4.78 is 10.4. The average Bonchev–Trinajstić information content (AvgIpc) is 2.86. The van der Waals surface area contributed by atoms with E-state index in [1.807, 2.05) is 0 Å². The fourth-order valence-corrected chi connectivity index (χ4v) is 2.63. The summed E-state index contributed by atoms with van der Waals surface area (Å²) in [5.41, 5.74) is 0. The first kappa shape index (κ1) is 19.4. The minimum atomic E-state index is -1.16. The molecule has 0 amide bonds. The van der Waals surface area contributed by atoms with Crippen LogP contribution in [0.4, 0.5) is 0 Å². The molecule has 0 bridgehead atoms. The van der Waals surface area contributed by atoms with Crippen LogP contribution in [0.3, 0.4) is 0 Å². The molecule has 6 heteroatoms. The molecule has 0 radical (unpaired) electrons. The molecular weight excluding hydrogens is 288 g/mol. The Morgan fingerprint density at radius 2 is 1.86 bits per heavy atom. The maximum atomic E-state index is 11.8. The van der Waals surface area contributed by atoms with E-state index in [4.69, 9.17) is 14.6 Å². The molecule has 3 N–H and O–H groups in total. The number of esters is 1. The zero-order valence-corrected chi connectivity index (χ0v) is 13.4. The van der Waals surface area contributed by atoms with Crippen LogP contribution in [0.1, 0.15) is 58.3 Å². The van der Waals surface area contributed by atoms with Gasteiger partial charge in [-0.15, -0.1) is 0 Å². The number of rotatable bonds is 11. The lowest BCUT2D eigenvalue weighted by atomic mass is 10.1. The smallest absolute Gasteiger partial charge is 0.306 e. The van der Waals surface area contributed by atoms with Crippen LogP contribution in [0.25, 0.3) is 0 Å². The van der Waals surface area contributed by atoms with Gasteiger partial charge in [-0.05, 0) is 6.42 Å². The summed E-state index contributed by atoms with van der Waals surface area (Å²) in [6.45, 7) is 1.68. The van der Waals surface area contributed by atoms with Gasteiger partial charge in [0, 0.05) is 6.42 Å². The summed E-state index contributed by atoms with van der Waals surface area (Å²) >= 11 is 0. The highest BCUT2D eigenvalue weighted by Gasteiger charge is 2.42. The molecule has 4 atom stereocenters. The van der Waals surface area contributed by atoms with Crippen molar-refractivity contribution in [3.8, 4) is 0 Å². The molecule has 0 saturated carbocycles. The predicted octanol–water partition coefficient (Wildman–Crippen LogP) is 1.15. The van der Waals surface area contributed by atoms with Crippen molar-refractivity contribution in [3.63, 3.8) is 0 Å². The molecule has 0 unspecified atom stereocenters. The Balaban J connectivity index is 2.20. The number of carbonyl (C=O) groups excluding carboxylic acids is 1. The van der Waals surface area contributed by atoms with Crippen molar-refractivity contribution in [1.82, 2.24) is 0 Å². The Morgan fingerprint density at radius 3 is 2.50 bits per heavy atom. The van der Waals surface area contributed by atoms with Gasteiger partial charge in [-0.1, -0.05) is 45.4 Å². The highest BCUT2D eigenvalue weighted by Crippen LogP contribution is 2.22. The molecule has 1 aliphatic rings. The van der Waals surface area contributed by atoms with Crippen LogP contribution in [0.5, 0.6) is 0 Å². The first-order valence-corrected chi connectivity index (χ1v) is 8.38. The van der Waals surface area contributed by atoms with E-state index in [2.05, 4.69) is 6.92 Å². The number of aliphatic hydroxyl groups excluding tert-OH is 3. The number of hydrogen-bond donors (Lipinski definition) is 3. The van der Waals surface area contributed by atoms with Gasteiger partial charge in [0.25, 0.3) is 0 Å². The molecule has 0 aromatic heterocycles. The van der Waals surface area contributed by atoms with Crippen LogP contribution in [-0.4, -0.2) is 58.9 Å². The maximum absolute atomic E-state index is 11.8. The van der Waals surface area contributed by atoms with Crippen molar-refractivity contribution in [1.29, 1.82) is 0 Å². The minimum absolute atomic E-state index is 0.00288. The van der Waals surface area contributed by atoms with E-state index in [0.29, 0.717) is 6.42 Å². The summed E-state index contributed by atoms with van der Waals surface area (Å²) in [4.78, 5) is 11.8. The van der Waals surface area contributed by atoms with E-state index in [0.717, 1.165) is 19.3 Å². The highest BCUT2D eigenvalue weighted by atomic mass is 16.6. The largest absolute Gasteiger partial charge is 0.457 e. The Bertz CT molecular complexity index is 309. The molecule has 1 rings (SSSR count). The first-order valence-electron chi connectivity index (χ1n) is 8.38. The van der Waals surface area contributed by atoms with Gasteiger partial charge in [0.05, 0.1) is 13.2 Å². The number of unbranched alkanes of at least 4 members (excludes halogenated alkanes) is 6. The van der Waals surface area contributed by atoms with Crippen LogP contribution >= 0.6 is 0 Å². The van der Waals surface area contributed by atoms with Crippen LogP contribution < -0.4 is 0 Å². The van der Waals surface area contributed by atoms with Crippen molar-refractivity contribution >= 4 is 5.97 Å². The molecule has 0 aromatic carbocycles. The second-order valence-corrected chi connectivity index (χ2v) is 5.94. The molecule has 1 saturated heterocycles. The van der Waals surface area contributed by atoms with Gasteiger partial charge in [0.15, 0.2) is 6.10 Å². The van der Waals surface area contributed by atoms with E-state index in [1.165, 1.54) is 25.7 Å². The highest BCUT2D eigenvalue weighted by molar-refractivity contribution is 5.69. The zero-order chi connectivity index (χ0) is 16.4. The summed E-state index contributed by atoms with van der Waals surface area (Å²) in [7, 11) is 0. The summed E-state index contributed by atoms with van der Waals surface area (Å²) in [6.07, 6.45) is 4.22. The summed E-state index contributed by atoms with van der Waals surface area (Å²) in [5, 5.41) is 28.3. The lowest BCUT2D eigenvalue weighted by Crippen LogP contribution is -2.43. The predicted molar refractivity (Wildman–Crippen MR) is 81.3 cm³/mol. The van der Waals surface area contributed by atoms with Crippen molar-refractivity contribution < 1.29 is 29.6 Å². The van der Waals surface area contributed by atoms with E-state index in [1.54, 1.807) is 0 Å².